The molecule has 1 aliphatic rings. The summed E-state index contributed by atoms with van der Waals surface area (Å²) in [5.74, 6) is -2.28. The number of hydrogen-bond acceptors (Lipinski definition) is 3. The summed E-state index contributed by atoms with van der Waals surface area (Å²) in [6.07, 6.45) is 0.623. The van der Waals surface area contributed by atoms with Crippen molar-refractivity contribution in [3.8, 4) is 11.1 Å². The number of alkyl halides is 3. The minimum absolute atomic E-state index is 0.0399. The highest BCUT2D eigenvalue weighted by atomic mass is 32.2. The van der Waals surface area contributed by atoms with Gasteiger partial charge in [0.1, 0.15) is 17.5 Å². The molecule has 0 amide bonds. The van der Waals surface area contributed by atoms with Crippen molar-refractivity contribution in [2.75, 3.05) is 6.54 Å². The summed E-state index contributed by atoms with van der Waals surface area (Å²) in [6.45, 7) is 0.511. The van der Waals surface area contributed by atoms with Crippen LogP contribution in [0.25, 0.3) is 11.1 Å². The van der Waals surface area contributed by atoms with Gasteiger partial charge in [-0.2, -0.15) is 13.2 Å². The van der Waals surface area contributed by atoms with Crippen molar-refractivity contribution in [1.82, 2.24) is 10.0 Å². The van der Waals surface area contributed by atoms with Gasteiger partial charge in [0.15, 0.2) is 0 Å². The summed E-state index contributed by atoms with van der Waals surface area (Å²) in [7, 11) is 0. The summed E-state index contributed by atoms with van der Waals surface area (Å²) in [4.78, 5) is 0. The van der Waals surface area contributed by atoms with Crippen LogP contribution in [-0.2, 0) is 6.42 Å². The van der Waals surface area contributed by atoms with Crippen LogP contribution in [0.1, 0.15) is 12.0 Å². The highest BCUT2D eigenvalue weighted by Gasteiger charge is 2.34. The second-order valence-electron chi connectivity index (χ2n) is 6.26. The van der Waals surface area contributed by atoms with Crippen LogP contribution in [0.4, 0.5) is 26.3 Å². The lowest BCUT2D eigenvalue weighted by atomic mass is 9.96. The van der Waals surface area contributed by atoms with Crippen LogP contribution in [0.2, 0.25) is 0 Å². The first-order chi connectivity index (χ1) is 12.7. The van der Waals surface area contributed by atoms with Crippen molar-refractivity contribution < 1.29 is 26.3 Å². The molecular formula is C18H16F6N2S. The molecule has 1 heterocycles. The van der Waals surface area contributed by atoms with Gasteiger partial charge in [0.2, 0.25) is 0 Å². The Bertz CT molecular complexity index is 791. The zero-order valence-corrected chi connectivity index (χ0v) is 14.7. The lowest BCUT2D eigenvalue weighted by Crippen LogP contribution is -2.40. The average Bonchev–Trinajstić information content (AvgIpc) is 3.00. The second kappa shape index (κ2) is 8.12. The second-order valence-corrected chi connectivity index (χ2v) is 7.17. The largest absolute Gasteiger partial charge is 0.456 e. The molecule has 3 rings (SSSR count). The van der Waals surface area contributed by atoms with Gasteiger partial charge in [0, 0.05) is 35.7 Å². The van der Waals surface area contributed by atoms with E-state index in [1.54, 1.807) is 6.07 Å². The zero-order valence-electron chi connectivity index (χ0n) is 13.9. The molecule has 9 heteroatoms. The maximum Gasteiger partial charge on any atom is 0.456 e. The third-order valence-corrected chi connectivity index (χ3v) is 5.02. The molecule has 2 N–H and O–H groups in total. The summed E-state index contributed by atoms with van der Waals surface area (Å²) in [5.41, 5.74) is -4.04. The number of rotatable bonds is 5. The minimum atomic E-state index is -4.40. The van der Waals surface area contributed by atoms with E-state index in [2.05, 4.69) is 10.0 Å². The van der Waals surface area contributed by atoms with Crippen LogP contribution >= 0.6 is 11.9 Å². The molecule has 2 nitrogen and oxygen atoms in total. The van der Waals surface area contributed by atoms with Crippen molar-refractivity contribution >= 4 is 11.9 Å². The molecule has 0 radical (unpaired) electrons. The van der Waals surface area contributed by atoms with Crippen molar-refractivity contribution in [2.45, 2.75) is 30.4 Å². The Hall–Kier alpha value is -1.71. The Morgan fingerprint density at radius 1 is 1.07 bits per heavy atom. The van der Waals surface area contributed by atoms with Gasteiger partial charge in [0.05, 0.1) is 0 Å². The number of benzene rings is 2. The SMILES string of the molecule is Fc1cc(F)cc(-c2cccc(CC3NCCC3NSC(F)(F)F)c2F)c1. The molecule has 27 heavy (non-hydrogen) atoms. The summed E-state index contributed by atoms with van der Waals surface area (Å²) < 4.78 is 81.3. The quantitative estimate of drug-likeness (QED) is 0.551. The van der Waals surface area contributed by atoms with Gasteiger partial charge in [-0.05, 0) is 42.6 Å². The third-order valence-electron chi connectivity index (χ3n) is 4.37. The Balaban J connectivity index is 1.79. The first-order valence-electron chi connectivity index (χ1n) is 8.20. The fourth-order valence-electron chi connectivity index (χ4n) is 3.17. The smallest absolute Gasteiger partial charge is 0.312 e. The van der Waals surface area contributed by atoms with Crippen LogP contribution in [0, 0.1) is 17.5 Å². The monoisotopic (exact) mass is 406 g/mol. The molecule has 2 atom stereocenters. The minimum Gasteiger partial charge on any atom is -0.312 e. The van der Waals surface area contributed by atoms with E-state index in [1.165, 1.54) is 12.1 Å². The Morgan fingerprint density at radius 3 is 2.44 bits per heavy atom. The molecule has 0 saturated carbocycles. The van der Waals surface area contributed by atoms with Gasteiger partial charge < -0.3 is 5.32 Å². The standard InChI is InChI=1S/C18H16F6N2S/c19-12-6-11(7-13(20)9-12)14-3-1-2-10(17(14)21)8-16-15(4-5-25-16)26-27-18(22,23)24/h1-3,6-7,9,15-16,25-26H,4-5,8H2. The number of nitrogens with one attached hydrogen (secondary N) is 2. The van der Waals surface area contributed by atoms with E-state index in [1.807, 2.05) is 0 Å². The summed E-state index contributed by atoms with van der Waals surface area (Å²) >= 11 is -0.315. The van der Waals surface area contributed by atoms with Crippen molar-refractivity contribution in [3.05, 3.63) is 59.4 Å². The molecule has 0 aliphatic carbocycles. The molecule has 146 valence electrons. The van der Waals surface area contributed by atoms with Crippen molar-refractivity contribution in [3.63, 3.8) is 0 Å². The first-order valence-corrected chi connectivity index (χ1v) is 9.02. The van der Waals surface area contributed by atoms with E-state index in [0.29, 0.717) is 19.0 Å². The summed E-state index contributed by atoms with van der Waals surface area (Å²) in [5, 5.41) is 3.07. The van der Waals surface area contributed by atoms with Crippen LogP contribution in [0.15, 0.2) is 36.4 Å². The Morgan fingerprint density at radius 2 is 1.78 bits per heavy atom. The number of halogens is 6. The van der Waals surface area contributed by atoms with Gasteiger partial charge >= 0.3 is 5.51 Å². The predicted octanol–water partition coefficient (Wildman–Crippen LogP) is 4.80. The molecule has 2 aromatic carbocycles. The van der Waals surface area contributed by atoms with E-state index in [0.717, 1.165) is 12.1 Å². The van der Waals surface area contributed by atoms with Gasteiger partial charge in [-0.25, -0.2) is 13.2 Å². The molecule has 0 aromatic heterocycles. The highest BCUT2D eigenvalue weighted by Crippen LogP contribution is 2.31. The molecule has 0 bridgehead atoms. The lowest BCUT2D eigenvalue weighted by Gasteiger charge is -2.21. The molecular weight excluding hydrogens is 390 g/mol. The van der Waals surface area contributed by atoms with E-state index in [9.17, 15) is 26.3 Å². The van der Waals surface area contributed by atoms with E-state index in [4.69, 9.17) is 0 Å². The Kier molecular flexibility index (Phi) is 6.02. The van der Waals surface area contributed by atoms with Gasteiger partial charge in [-0.15, -0.1) is 0 Å². The van der Waals surface area contributed by atoms with Gasteiger partial charge in [-0.3, -0.25) is 4.72 Å². The van der Waals surface area contributed by atoms with Gasteiger partial charge in [-0.1, -0.05) is 18.2 Å². The van der Waals surface area contributed by atoms with Crippen molar-refractivity contribution in [2.24, 2.45) is 0 Å². The van der Waals surface area contributed by atoms with Crippen LogP contribution < -0.4 is 10.0 Å². The summed E-state index contributed by atoms with van der Waals surface area (Å²) in [6, 6.07) is 6.36. The molecule has 2 unspecified atom stereocenters. The maximum absolute atomic E-state index is 14.9. The Labute approximate surface area is 156 Å². The van der Waals surface area contributed by atoms with E-state index in [-0.39, 0.29) is 35.1 Å². The topological polar surface area (TPSA) is 24.1 Å². The predicted molar refractivity (Wildman–Crippen MR) is 92.4 cm³/mol. The number of hydrogen-bond donors (Lipinski definition) is 2. The molecule has 1 saturated heterocycles. The molecule has 1 aliphatic heterocycles. The van der Waals surface area contributed by atoms with Crippen LogP contribution in [0.3, 0.4) is 0 Å². The highest BCUT2D eigenvalue weighted by molar-refractivity contribution is 7.98. The van der Waals surface area contributed by atoms with Crippen LogP contribution in [-0.4, -0.2) is 24.1 Å². The van der Waals surface area contributed by atoms with Crippen molar-refractivity contribution in [1.29, 1.82) is 0 Å². The van der Waals surface area contributed by atoms with E-state index >= 15 is 0 Å². The zero-order chi connectivity index (χ0) is 19.6. The third kappa shape index (κ3) is 5.18. The normalized spacial score (nSPS) is 20.2. The fourth-order valence-corrected chi connectivity index (χ4v) is 3.74. The van der Waals surface area contributed by atoms with E-state index < -0.39 is 35.0 Å². The lowest BCUT2D eigenvalue weighted by molar-refractivity contribution is -0.0338. The maximum atomic E-state index is 14.9. The molecule has 2 aromatic rings. The molecule has 0 spiro atoms. The van der Waals surface area contributed by atoms with Crippen LogP contribution in [0.5, 0.6) is 0 Å². The van der Waals surface area contributed by atoms with Gasteiger partial charge in [0.25, 0.3) is 0 Å². The fraction of sp³-hybridized carbons (Fsp3) is 0.333. The molecule has 1 fully saturated rings. The first kappa shape index (κ1) is 20.0. The average molecular weight is 406 g/mol.